The van der Waals surface area contributed by atoms with Crippen molar-refractivity contribution in [3.05, 3.63) is 40.2 Å². The largest absolute Gasteiger partial charge is 0.508 e. The van der Waals surface area contributed by atoms with Crippen LogP contribution >= 0.6 is 12.4 Å². The minimum Gasteiger partial charge on any atom is -0.508 e. The minimum absolute atomic E-state index is 0. The average Bonchev–Trinajstić information content (AvgIpc) is 2.70. The smallest absolute Gasteiger partial charge is 0.255 e. The van der Waals surface area contributed by atoms with Crippen LogP contribution in [0.4, 0.5) is 5.69 Å². The van der Waals surface area contributed by atoms with Gasteiger partial charge in [-0.25, -0.2) is 0 Å². The van der Waals surface area contributed by atoms with E-state index in [1.54, 1.807) is 20.2 Å². The molecule has 0 aromatic heterocycles. The van der Waals surface area contributed by atoms with Crippen LogP contribution in [-0.4, -0.2) is 82.6 Å². The number of nitrogens with two attached hydrogens (primary N) is 1. The number of phenols is 1. The molecule has 1 fully saturated rings. The number of hydrogen-bond donors (Lipinski definition) is 5. The number of nitrogens with zero attached hydrogens (tertiary/aromatic N) is 2. The maximum atomic E-state index is 13.7. The highest BCUT2D eigenvalue weighted by Gasteiger charge is 2.64. The van der Waals surface area contributed by atoms with Crippen molar-refractivity contribution in [3.8, 4) is 5.75 Å². The van der Waals surface area contributed by atoms with Crippen molar-refractivity contribution in [2.75, 3.05) is 33.1 Å². The van der Waals surface area contributed by atoms with Crippen molar-refractivity contribution < 1.29 is 34.8 Å². The summed E-state index contributed by atoms with van der Waals surface area (Å²) in [6, 6.07) is 2.01. The first kappa shape index (κ1) is 25.5. The number of Topliss-reactive ketones (excluding diaryl/α,β-unsaturated/α-hetero) is 2. The minimum atomic E-state index is -2.63. The lowest BCUT2D eigenvalue weighted by Gasteiger charge is -2.50. The van der Waals surface area contributed by atoms with Gasteiger partial charge in [0.05, 0.1) is 11.6 Å². The Morgan fingerprint density at radius 3 is 2.26 bits per heavy atom. The zero-order valence-corrected chi connectivity index (χ0v) is 20.0. The van der Waals surface area contributed by atoms with Gasteiger partial charge in [0.1, 0.15) is 22.8 Å². The highest BCUT2D eigenvalue weighted by atomic mass is 35.5. The van der Waals surface area contributed by atoms with Gasteiger partial charge in [-0.15, -0.1) is 12.4 Å². The number of carbonyl (C=O) groups excluding carboxylic acids is 3. The zero-order valence-electron chi connectivity index (χ0n) is 19.2. The molecule has 1 unspecified atom stereocenters. The summed E-state index contributed by atoms with van der Waals surface area (Å²) in [5, 5.41) is 43.9. The van der Waals surface area contributed by atoms with Gasteiger partial charge in [0.15, 0.2) is 11.4 Å². The fraction of sp³-hybridized carbons (Fsp3) is 0.435. The molecule has 4 rings (SSSR count). The fourth-order valence-electron chi connectivity index (χ4n) is 5.65. The molecule has 10 nitrogen and oxygen atoms in total. The number of likely N-dealkylation sites (N-methyl/N-ethyl adjacent to an activating group) is 1. The van der Waals surface area contributed by atoms with Crippen LogP contribution in [0, 0.1) is 11.8 Å². The molecule has 0 heterocycles. The summed E-state index contributed by atoms with van der Waals surface area (Å²) in [6.07, 6.45) is 0.324. The number of phenolic OH excluding ortho intramolecular Hbond substituents is 1. The molecule has 0 bridgehead atoms. The van der Waals surface area contributed by atoms with E-state index in [-0.39, 0.29) is 42.1 Å². The Morgan fingerprint density at radius 1 is 1.12 bits per heavy atom. The van der Waals surface area contributed by atoms with E-state index in [4.69, 9.17) is 5.73 Å². The molecule has 4 atom stereocenters. The third-order valence-corrected chi connectivity index (χ3v) is 7.06. The topological polar surface area (TPSA) is 165 Å². The maximum absolute atomic E-state index is 13.7. The second-order valence-corrected chi connectivity index (χ2v) is 9.31. The predicted molar refractivity (Wildman–Crippen MR) is 126 cm³/mol. The van der Waals surface area contributed by atoms with E-state index in [1.165, 1.54) is 11.0 Å². The van der Waals surface area contributed by atoms with E-state index < -0.39 is 58.0 Å². The summed E-state index contributed by atoms with van der Waals surface area (Å²) in [4.78, 5) is 42.0. The van der Waals surface area contributed by atoms with Crippen LogP contribution in [0.1, 0.15) is 17.5 Å². The lowest BCUT2D eigenvalue weighted by atomic mass is 9.57. The van der Waals surface area contributed by atoms with Crippen LogP contribution in [0.25, 0.3) is 5.76 Å². The molecule has 1 aromatic carbocycles. The van der Waals surface area contributed by atoms with Gasteiger partial charge in [0.2, 0.25) is 5.78 Å². The number of amides is 1. The Balaban J connectivity index is 0.00000324. The SMILES string of the molecule is CN(C)c1ccc(O)c2c1C[C@H]1C[C@H]3[C@H](N(C)C)C(=O)C(C(N)=O)=C(O)C3(O)C(=O)C1=C2O.Cl. The van der Waals surface area contributed by atoms with E-state index in [1.807, 2.05) is 19.0 Å². The number of carbonyl (C=O) groups is 3. The number of primary amides is 1. The highest BCUT2D eigenvalue weighted by Crippen LogP contribution is 2.53. The molecular weight excluding hydrogens is 466 g/mol. The normalized spacial score (nSPS) is 28.2. The third-order valence-electron chi connectivity index (χ3n) is 7.06. The van der Waals surface area contributed by atoms with E-state index in [0.717, 1.165) is 5.69 Å². The Hall–Kier alpha value is -3.08. The average molecular weight is 494 g/mol. The molecule has 1 saturated carbocycles. The second-order valence-electron chi connectivity index (χ2n) is 9.31. The van der Waals surface area contributed by atoms with Crippen LogP contribution in [-0.2, 0) is 20.8 Å². The number of halogens is 1. The van der Waals surface area contributed by atoms with E-state index in [2.05, 4.69) is 0 Å². The van der Waals surface area contributed by atoms with Crippen molar-refractivity contribution in [3.63, 3.8) is 0 Å². The van der Waals surface area contributed by atoms with Crippen LogP contribution in [0.5, 0.6) is 5.75 Å². The zero-order chi connectivity index (χ0) is 24.6. The molecule has 0 aliphatic heterocycles. The summed E-state index contributed by atoms with van der Waals surface area (Å²) in [6.45, 7) is 0. The van der Waals surface area contributed by atoms with Crippen molar-refractivity contribution in [2.24, 2.45) is 17.6 Å². The lowest BCUT2D eigenvalue weighted by molar-refractivity contribution is -0.153. The quantitative estimate of drug-likeness (QED) is 0.376. The maximum Gasteiger partial charge on any atom is 0.255 e. The van der Waals surface area contributed by atoms with Crippen LogP contribution in [0.3, 0.4) is 0 Å². The molecule has 11 heteroatoms. The van der Waals surface area contributed by atoms with Crippen molar-refractivity contribution in [2.45, 2.75) is 24.5 Å². The van der Waals surface area contributed by atoms with E-state index in [9.17, 15) is 34.8 Å². The summed E-state index contributed by atoms with van der Waals surface area (Å²) >= 11 is 0. The number of ketones is 2. The molecule has 6 N–H and O–H groups in total. The molecule has 34 heavy (non-hydrogen) atoms. The number of hydrogen-bond acceptors (Lipinski definition) is 9. The van der Waals surface area contributed by atoms with Gasteiger partial charge in [0, 0.05) is 31.3 Å². The Bertz CT molecular complexity index is 1170. The molecule has 1 aromatic rings. The number of aliphatic hydroxyl groups excluding tert-OH is 2. The summed E-state index contributed by atoms with van der Waals surface area (Å²) in [7, 11) is 6.75. The number of aliphatic hydroxyl groups is 3. The van der Waals surface area contributed by atoms with E-state index >= 15 is 0 Å². The first-order chi connectivity index (χ1) is 15.3. The summed E-state index contributed by atoms with van der Waals surface area (Å²) < 4.78 is 0. The molecule has 3 aliphatic rings. The molecule has 0 radical (unpaired) electrons. The van der Waals surface area contributed by atoms with Crippen molar-refractivity contribution in [1.29, 1.82) is 0 Å². The van der Waals surface area contributed by atoms with Gasteiger partial charge in [-0.2, -0.15) is 0 Å². The Morgan fingerprint density at radius 2 is 1.74 bits per heavy atom. The monoisotopic (exact) mass is 493 g/mol. The number of fused-ring (bicyclic) bond motifs is 3. The number of benzene rings is 1. The lowest BCUT2D eigenvalue weighted by Crippen LogP contribution is -2.65. The van der Waals surface area contributed by atoms with Gasteiger partial charge in [-0.1, -0.05) is 0 Å². The molecule has 184 valence electrons. The van der Waals surface area contributed by atoms with Crippen LogP contribution < -0.4 is 10.6 Å². The predicted octanol–water partition coefficient (Wildman–Crippen LogP) is 0.452. The van der Waals surface area contributed by atoms with Crippen LogP contribution in [0.2, 0.25) is 0 Å². The van der Waals surface area contributed by atoms with Crippen LogP contribution in [0.15, 0.2) is 29.0 Å². The van der Waals surface area contributed by atoms with Gasteiger partial charge >= 0.3 is 0 Å². The first-order valence-corrected chi connectivity index (χ1v) is 10.5. The van der Waals surface area contributed by atoms with Gasteiger partial charge < -0.3 is 31.1 Å². The van der Waals surface area contributed by atoms with E-state index in [0.29, 0.717) is 5.56 Å². The van der Waals surface area contributed by atoms with Gasteiger partial charge in [-0.3, -0.25) is 19.3 Å². The molecular formula is C23H28ClN3O7. The van der Waals surface area contributed by atoms with Crippen molar-refractivity contribution in [1.82, 2.24) is 4.90 Å². The summed E-state index contributed by atoms with van der Waals surface area (Å²) in [5.74, 6) is -6.54. The second kappa shape index (κ2) is 8.30. The number of rotatable bonds is 3. The Kier molecular flexibility index (Phi) is 6.23. The Labute approximate surface area is 202 Å². The number of anilines is 1. The third kappa shape index (κ3) is 3.20. The van der Waals surface area contributed by atoms with Gasteiger partial charge in [-0.05, 0) is 50.6 Å². The molecule has 1 amide bonds. The number of aromatic hydroxyl groups is 1. The summed E-state index contributed by atoms with van der Waals surface area (Å²) in [5.41, 5.74) is 3.15. The van der Waals surface area contributed by atoms with Gasteiger partial charge in [0.25, 0.3) is 5.91 Å². The molecule has 0 spiro atoms. The standard InChI is InChI=1S/C23H27N3O7.ClH/c1-25(2)12-5-6-13(27)15-10(12)7-9-8-11-17(26(3)4)19(29)16(22(24)32)21(31)23(11,33)20(30)14(9)18(15)28;/h5-6,9,11,17,27-28,31,33H,7-8H2,1-4H3,(H2,24,32);1H/t9-,11-,17-,23?;/m0./s1. The fourth-order valence-corrected chi connectivity index (χ4v) is 5.65. The molecule has 0 saturated heterocycles. The first-order valence-electron chi connectivity index (χ1n) is 10.5. The molecule has 3 aliphatic carbocycles. The highest BCUT2D eigenvalue weighted by molar-refractivity contribution is 6.24. The van der Waals surface area contributed by atoms with Crippen molar-refractivity contribution >= 4 is 41.3 Å².